The molecule has 1 aromatic rings. The van der Waals surface area contributed by atoms with Crippen LogP contribution in [0.4, 0.5) is 0 Å². The van der Waals surface area contributed by atoms with E-state index in [1.807, 2.05) is 6.92 Å². The minimum atomic E-state index is 0.528. The highest BCUT2D eigenvalue weighted by Gasteiger charge is 2.18. The summed E-state index contributed by atoms with van der Waals surface area (Å²) in [6.45, 7) is 1.98. The first-order valence-electron chi connectivity index (χ1n) is 5.36. The van der Waals surface area contributed by atoms with Gasteiger partial charge in [-0.15, -0.1) is 10.2 Å². The van der Waals surface area contributed by atoms with Gasteiger partial charge in [-0.1, -0.05) is 25.7 Å². The van der Waals surface area contributed by atoms with Gasteiger partial charge in [0.15, 0.2) is 0 Å². The lowest BCUT2D eigenvalue weighted by Crippen LogP contribution is -2.10. The van der Waals surface area contributed by atoms with Crippen molar-refractivity contribution in [2.24, 2.45) is 0 Å². The number of nitrogens with zero attached hydrogens (tertiary/aromatic N) is 3. The average molecular weight is 214 g/mol. The highest BCUT2D eigenvalue weighted by Crippen LogP contribution is 2.29. The number of hydrogen-bond acceptors (Lipinski definition) is 2. The Hall–Kier alpha value is -0.570. The second-order valence-corrected chi connectivity index (χ2v) is 4.37. The molecule has 0 aliphatic heterocycles. The topological polar surface area (TPSA) is 30.7 Å². The van der Waals surface area contributed by atoms with Crippen molar-refractivity contribution in [2.45, 2.75) is 51.5 Å². The van der Waals surface area contributed by atoms with Crippen molar-refractivity contribution in [1.82, 2.24) is 14.8 Å². The predicted molar refractivity (Wildman–Crippen MR) is 56.5 cm³/mol. The number of hydrogen-bond donors (Lipinski definition) is 0. The van der Waals surface area contributed by atoms with E-state index in [2.05, 4.69) is 14.8 Å². The average Bonchev–Trinajstić information content (AvgIpc) is 2.45. The van der Waals surface area contributed by atoms with Gasteiger partial charge >= 0.3 is 0 Å². The quantitative estimate of drug-likeness (QED) is 0.671. The molecule has 4 heteroatoms. The molecule has 1 aliphatic rings. The Kier molecular flexibility index (Phi) is 3.06. The fourth-order valence-electron chi connectivity index (χ4n) is 2.27. The van der Waals surface area contributed by atoms with Crippen LogP contribution < -0.4 is 0 Å². The van der Waals surface area contributed by atoms with E-state index in [0.29, 0.717) is 11.3 Å². The van der Waals surface area contributed by atoms with E-state index in [9.17, 15) is 0 Å². The number of rotatable bonds is 1. The molecular formula is C10H16ClN3. The summed E-state index contributed by atoms with van der Waals surface area (Å²) in [6.07, 6.45) is 7.76. The van der Waals surface area contributed by atoms with Crippen molar-refractivity contribution >= 4 is 11.6 Å². The fourth-order valence-corrected chi connectivity index (χ4v) is 2.57. The molecule has 3 nitrogen and oxygen atoms in total. The first kappa shape index (κ1) is 9.97. The van der Waals surface area contributed by atoms with Crippen LogP contribution in [0.1, 0.15) is 50.4 Å². The Labute approximate surface area is 89.5 Å². The standard InChI is InChI=1S/C10H16ClN3/c1-8-12-13-10(11)14(8)9-6-4-2-3-5-7-9/h9H,2-7H2,1H3. The van der Waals surface area contributed by atoms with Crippen LogP contribution in [-0.4, -0.2) is 14.8 Å². The monoisotopic (exact) mass is 213 g/mol. The van der Waals surface area contributed by atoms with Crippen LogP contribution in [0.2, 0.25) is 5.28 Å². The molecule has 0 bridgehead atoms. The molecule has 0 radical (unpaired) electrons. The highest BCUT2D eigenvalue weighted by atomic mass is 35.5. The summed E-state index contributed by atoms with van der Waals surface area (Å²) < 4.78 is 2.09. The molecule has 1 aliphatic carbocycles. The van der Waals surface area contributed by atoms with E-state index in [-0.39, 0.29) is 0 Å². The van der Waals surface area contributed by atoms with Gasteiger partial charge in [0.05, 0.1) is 0 Å². The lowest BCUT2D eigenvalue weighted by atomic mass is 10.1. The second-order valence-electron chi connectivity index (χ2n) is 4.03. The summed E-state index contributed by atoms with van der Waals surface area (Å²) in [4.78, 5) is 0. The van der Waals surface area contributed by atoms with Crippen LogP contribution in [0.25, 0.3) is 0 Å². The lowest BCUT2D eigenvalue weighted by Gasteiger charge is -2.17. The third-order valence-electron chi connectivity index (χ3n) is 3.01. The van der Waals surface area contributed by atoms with Gasteiger partial charge in [0.25, 0.3) is 0 Å². The smallest absolute Gasteiger partial charge is 0.225 e. The molecule has 14 heavy (non-hydrogen) atoms. The first-order valence-corrected chi connectivity index (χ1v) is 5.74. The van der Waals surface area contributed by atoms with Crippen LogP contribution in [0, 0.1) is 6.92 Å². The summed E-state index contributed by atoms with van der Waals surface area (Å²) in [5.74, 6) is 0.946. The summed E-state index contributed by atoms with van der Waals surface area (Å²) >= 11 is 6.02. The predicted octanol–water partition coefficient (Wildman–Crippen LogP) is 3.14. The fraction of sp³-hybridized carbons (Fsp3) is 0.800. The Morgan fingerprint density at radius 2 is 1.79 bits per heavy atom. The van der Waals surface area contributed by atoms with Gasteiger partial charge in [-0.2, -0.15) is 0 Å². The molecule has 0 spiro atoms. The summed E-state index contributed by atoms with van der Waals surface area (Å²) in [5.41, 5.74) is 0. The minimum absolute atomic E-state index is 0.528. The number of aromatic nitrogens is 3. The zero-order valence-electron chi connectivity index (χ0n) is 8.54. The van der Waals surface area contributed by atoms with Gasteiger partial charge in [-0.25, -0.2) is 0 Å². The summed E-state index contributed by atoms with van der Waals surface area (Å²) in [6, 6.07) is 0.528. The molecule has 1 heterocycles. The normalized spacial score (nSPS) is 19.6. The van der Waals surface area contributed by atoms with Crippen LogP contribution in [-0.2, 0) is 0 Å². The molecule has 1 fully saturated rings. The maximum absolute atomic E-state index is 6.02. The van der Waals surface area contributed by atoms with Crippen molar-refractivity contribution in [1.29, 1.82) is 0 Å². The van der Waals surface area contributed by atoms with E-state index >= 15 is 0 Å². The number of halogens is 1. The van der Waals surface area contributed by atoms with Gasteiger partial charge in [-0.3, -0.25) is 4.57 Å². The molecule has 78 valence electrons. The molecule has 0 atom stereocenters. The van der Waals surface area contributed by atoms with Gasteiger partial charge in [-0.05, 0) is 31.4 Å². The maximum Gasteiger partial charge on any atom is 0.225 e. The Morgan fingerprint density at radius 3 is 2.29 bits per heavy atom. The zero-order chi connectivity index (χ0) is 9.97. The van der Waals surface area contributed by atoms with Crippen LogP contribution in [0.15, 0.2) is 0 Å². The molecule has 0 unspecified atom stereocenters. The van der Waals surface area contributed by atoms with E-state index in [4.69, 9.17) is 11.6 Å². The SMILES string of the molecule is Cc1nnc(Cl)n1C1CCCCCC1. The molecule has 0 saturated heterocycles. The van der Waals surface area contributed by atoms with Crippen molar-refractivity contribution in [3.8, 4) is 0 Å². The molecular weight excluding hydrogens is 198 g/mol. The van der Waals surface area contributed by atoms with Gasteiger partial charge in [0.1, 0.15) is 5.82 Å². The van der Waals surface area contributed by atoms with Crippen LogP contribution in [0.5, 0.6) is 0 Å². The van der Waals surface area contributed by atoms with Crippen LogP contribution >= 0.6 is 11.6 Å². The molecule has 0 amide bonds. The highest BCUT2D eigenvalue weighted by molar-refractivity contribution is 6.28. The molecule has 0 N–H and O–H groups in total. The Morgan fingerprint density at radius 1 is 1.14 bits per heavy atom. The first-order chi connectivity index (χ1) is 6.79. The van der Waals surface area contributed by atoms with Crippen molar-refractivity contribution in [2.75, 3.05) is 0 Å². The summed E-state index contributed by atoms with van der Waals surface area (Å²) in [5, 5.41) is 8.45. The van der Waals surface area contributed by atoms with Crippen molar-refractivity contribution < 1.29 is 0 Å². The van der Waals surface area contributed by atoms with E-state index in [1.54, 1.807) is 0 Å². The Balaban J connectivity index is 2.19. The van der Waals surface area contributed by atoms with Crippen molar-refractivity contribution in [3.05, 3.63) is 11.1 Å². The van der Waals surface area contributed by atoms with E-state index in [1.165, 1.54) is 38.5 Å². The second kappa shape index (κ2) is 4.30. The van der Waals surface area contributed by atoms with Gasteiger partial charge in [0, 0.05) is 6.04 Å². The third kappa shape index (κ3) is 1.92. The largest absolute Gasteiger partial charge is 0.299 e. The zero-order valence-corrected chi connectivity index (χ0v) is 9.30. The van der Waals surface area contributed by atoms with E-state index in [0.717, 1.165) is 5.82 Å². The third-order valence-corrected chi connectivity index (χ3v) is 3.27. The summed E-state index contributed by atoms with van der Waals surface area (Å²) in [7, 11) is 0. The molecule has 1 saturated carbocycles. The van der Waals surface area contributed by atoms with E-state index < -0.39 is 0 Å². The minimum Gasteiger partial charge on any atom is -0.299 e. The van der Waals surface area contributed by atoms with Crippen LogP contribution in [0.3, 0.4) is 0 Å². The maximum atomic E-state index is 6.02. The lowest BCUT2D eigenvalue weighted by molar-refractivity contribution is 0.435. The molecule has 0 aromatic carbocycles. The molecule has 2 rings (SSSR count). The number of aryl methyl sites for hydroxylation is 1. The van der Waals surface area contributed by atoms with Gasteiger partial charge < -0.3 is 0 Å². The molecule has 1 aromatic heterocycles. The van der Waals surface area contributed by atoms with Gasteiger partial charge in [0.2, 0.25) is 5.28 Å². The van der Waals surface area contributed by atoms with Crippen molar-refractivity contribution in [3.63, 3.8) is 0 Å². The Bertz CT molecular complexity index is 281.